The molecule has 2 aromatic heterocycles. The van der Waals surface area contributed by atoms with Crippen LogP contribution in [-0.2, 0) is 4.74 Å². The van der Waals surface area contributed by atoms with Gasteiger partial charge >= 0.3 is 6.09 Å². The van der Waals surface area contributed by atoms with Gasteiger partial charge in [-0.3, -0.25) is 4.90 Å². The Morgan fingerprint density at radius 2 is 2.05 bits per heavy atom. The summed E-state index contributed by atoms with van der Waals surface area (Å²) in [5.41, 5.74) is 1.31. The molecular formula is C13H12Cl3N3O2. The van der Waals surface area contributed by atoms with E-state index in [2.05, 4.69) is 4.98 Å². The number of ether oxygens (including phenoxy) is 1. The van der Waals surface area contributed by atoms with Gasteiger partial charge in [0.1, 0.15) is 10.1 Å². The van der Waals surface area contributed by atoms with Crippen LogP contribution in [0, 0.1) is 0 Å². The van der Waals surface area contributed by atoms with Crippen LogP contribution in [-0.4, -0.2) is 29.1 Å². The minimum absolute atomic E-state index is 0.0129. The van der Waals surface area contributed by atoms with Crippen molar-refractivity contribution in [2.75, 3.05) is 18.6 Å². The Balaban J connectivity index is 2.47. The number of methoxy groups -OCH3 is 1. The Kier molecular flexibility index (Phi) is 4.98. The minimum Gasteiger partial charge on any atom is -0.452 e. The first-order valence-electron chi connectivity index (χ1n) is 6.03. The molecule has 0 radical (unpaired) electrons. The van der Waals surface area contributed by atoms with E-state index in [1.807, 2.05) is 6.92 Å². The molecule has 21 heavy (non-hydrogen) atoms. The minimum atomic E-state index is -0.470. The Morgan fingerprint density at radius 3 is 2.62 bits per heavy atom. The summed E-state index contributed by atoms with van der Waals surface area (Å²) >= 11 is 17.4. The fourth-order valence-electron chi connectivity index (χ4n) is 1.84. The fourth-order valence-corrected chi connectivity index (χ4v) is 2.17. The number of aromatic nitrogens is 2. The first kappa shape index (κ1) is 15.9. The van der Waals surface area contributed by atoms with Crippen LogP contribution in [0.5, 0.6) is 0 Å². The number of hydrogen-bond acceptors (Lipinski definition) is 3. The lowest BCUT2D eigenvalue weighted by molar-refractivity contribution is 0.179. The van der Waals surface area contributed by atoms with Crippen LogP contribution in [0.2, 0.25) is 0 Å². The van der Waals surface area contributed by atoms with E-state index in [9.17, 15) is 4.79 Å². The molecule has 0 bridgehead atoms. The number of amides is 1. The highest BCUT2D eigenvalue weighted by Crippen LogP contribution is 2.28. The van der Waals surface area contributed by atoms with Gasteiger partial charge in [0.05, 0.1) is 18.3 Å². The van der Waals surface area contributed by atoms with Crippen molar-refractivity contribution >= 4 is 57.4 Å². The largest absolute Gasteiger partial charge is 0.452 e. The van der Waals surface area contributed by atoms with E-state index >= 15 is 0 Å². The molecule has 2 rings (SSSR count). The van der Waals surface area contributed by atoms with E-state index in [0.717, 1.165) is 0 Å². The molecule has 5 nitrogen and oxygen atoms in total. The number of carbonyl (C=O) groups is 1. The summed E-state index contributed by atoms with van der Waals surface area (Å²) in [5.74, 6) is 0.485. The van der Waals surface area contributed by atoms with E-state index in [0.29, 0.717) is 23.6 Å². The monoisotopic (exact) mass is 347 g/mol. The van der Waals surface area contributed by atoms with Gasteiger partial charge in [-0.15, -0.1) is 0 Å². The van der Waals surface area contributed by atoms with Gasteiger partial charge in [0.25, 0.3) is 0 Å². The number of pyridine rings is 1. The summed E-state index contributed by atoms with van der Waals surface area (Å²) in [4.78, 5) is 17.5. The molecule has 1 amide bonds. The average Bonchev–Trinajstić information content (AvgIpc) is 2.89. The molecule has 0 saturated heterocycles. The average molecular weight is 349 g/mol. The van der Waals surface area contributed by atoms with Gasteiger partial charge in [0, 0.05) is 18.3 Å². The highest BCUT2D eigenvalue weighted by molar-refractivity contribution is 6.66. The summed E-state index contributed by atoms with van der Waals surface area (Å²) in [5, 5.41) is 0.246. The van der Waals surface area contributed by atoms with Gasteiger partial charge in [0.2, 0.25) is 0 Å². The van der Waals surface area contributed by atoms with E-state index in [4.69, 9.17) is 39.5 Å². The van der Waals surface area contributed by atoms with Crippen LogP contribution in [0.4, 0.5) is 10.6 Å². The standard InChI is InChI=1S/C13H12Cl3N3O2/c1-3-19(13(20)21-2)10-7-18-6-8(11(14)12(15)16)4-5-9(18)17-10/h4-7H,3H2,1-2H3. The van der Waals surface area contributed by atoms with Crippen LogP contribution >= 0.6 is 34.8 Å². The number of halogens is 3. The SMILES string of the molecule is CCN(C(=O)OC)c1cn2cc(C(Cl)=C(Cl)Cl)ccc2n1. The molecule has 0 unspecified atom stereocenters. The lowest BCUT2D eigenvalue weighted by Crippen LogP contribution is -2.30. The molecule has 0 aromatic carbocycles. The zero-order chi connectivity index (χ0) is 15.6. The van der Waals surface area contributed by atoms with Gasteiger partial charge in [-0.05, 0) is 19.1 Å². The number of nitrogens with zero attached hydrogens (tertiary/aromatic N) is 3. The van der Waals surface area contributed by atoms with Crippen LogP contribution in [0.3, 0.4) is 0 Å². The van der Waals surface area contributed by atoms with Gasteiger partial charge < -0.3 is 9.14 Å². The Hall–Kier alpha value is -1.43. The van der Waals surface area contributed by atoms with Crippen LogP contribution in [0.25, 0.3) is 10.7 Å². The van der Waals surface area contributed by atoms with Crippen LogP contribution < -0.4 is 4.90 Å². The van der Waals surface area contributed by atoms with Crippen LogP contribution in [0.1, 0.15) is 12.5 Å². The van der Waals surface area contributed by atoms with Crippen molar-refractivity contribution < 1.29 is 9.53 Å². The maximum atomic E-state index is 11.7. The number of fused-ring (bicyclic) bond motifs is 1. The number of carbonyl (C=O) groups excluding carboxylic acids is 1. The van der Waals surface area contributed by atoms with Crippen molar-refractivity contribution in [1.82, 2.24) is 9.38 Å². The normalized spacial score (nSPS) is 10.5. The second-order valence-corrected chi connectivity index (χ2v) is 5.40. The number of imidazole rings is 1. The maximum absolute atomic E-state index is 11.7. The summed E-state index contributed by atoms with van der Waals surface area (Å²) in [6.07, 6.45) is 2.96. The van der Waals surface area contributed by atoms with Gasteiger partial charge in [-0.2, -0.15) is 0 Å². The van der Waals surface area contributed by atoms with Crippen molar-refractivity contribution in [1.29, 1.82) is 0 Å². The summed E-state index contributed by atoms with van der Waals surface area (Å²) < 4.78 is 6.44. The predicted octanol–water partition coefficient (Wildman–Crippen LogP) is 4.27. The molecule has 0 aliphatic carbocycles. The van der Waals surface area contributed by atoms with E-state index in [1.54, 1.807) is 28.9 Å². The molecule has 2 aromatic rings. The highest BCUT2D eigenvalue weighted by atomic mass is 35.5. The Morgan fingerprint density at radius 1 is 1.33 bits per heavy atom. The molecule has 0 saturated carbocycles. The van der Waals surface area contributed by atoms with E-state index in [1.165, 1.54) is 12.0 Å². The zero-order valence-corrected chi connectivity index (χ0v) is 13.6. The topological polar surface area (TPSA) is 46.8 Å². The summed E-state index contributed by atoms with van der Waals surface area (Å²) in [6.45, 7) is 2.27. The smallest absolute Gasteiger partial charge is 0.415 e. The van der Waals surface area contributed by atoms with Crippen LogP contribution in [0.15, 0.2) is 29.0 Å². The molecule has 0 aliphatic heterocycles. The molecule has 0 aliphatic rings. The Bertz CT molecular complexity index is 708. The third kappa shape index (κ3) is 3.26. The van der Waals surface area contributed by atoms with Gasteiger partial charge in [-0.25, -0.2) is 9.78 Å². The molecule has 8 heteroatoms. The van der Waals surface area contributed by atoms with Crippen molar-refractivity contribution in [3.8, 4) is 0 Å². The third-order valence-corrected chi connectivity index (χ3v) is 3.82. The lowest BCUT2D eigenvalue weighted by Gasteiger charge is -2.15. The van der Waals surface area contributed by atoms with Gasteiger partial charge in [0.15, 0.2) is 5.82 Å². The van der Waals surface area contributed by atoms with E-state index < -0.39 is 6.09 Å². The first-order chi connectivity index (χ1) is 9.97. The second kappa shape index (κ2) is 6.56. The summed E-state index contributed by atoms with van der Waals surface area (Å²) in [7, 11) is 1.33. The molecule has 0 fully saturated rings. The molecule has 0 spiro atoms. The third-order valence-electron chi connectivity index (χ3n) is 2.85. The summed E-state index contributed by atoms with van der Waals surface area (Å²) in [6, 6.07) is 3.50. The fraction of sp³-hybridized carbons (Fsp3) is 0.231. The second-order valence-electron chi connectivity index (χ2n) is 4.07. The molecule has 0 atom stereocenters. The predicted molar refractivity (Wildman–Crippen MR) is 85.1 cm³/mol. The molecule has 112 valence electrons. The molecule has 0 N–H and O–H groups in total. The Labute approximate surface area is 136 Å². The maximum Gasteiger partial charge on any atom is 0.415 e. The van der Waals surface area contributed by atoms with Crippen molar-refractivity contribution in [2.24, 2.45) is 0 Å². The van der Waals surface area contributed by atoms with Crippen molar-refractivity contribution in [3.05, 3.63) is 34.6 Å². The zero-order valence-electron chi connectivity index (χ0n) is 11.3. The first-order valence-corrected chi connectivity index (χ1v) is 7.16. The molecule has 2 heterocycles. The number of rotatable bonds is 3. The van der Waals surface area contributed by atoms with E-state index in [-0.39, 0.29) is 9.52 Å². The van der Waals surface area contributed by atoms with Gasteiger partial charge in [-0.1, -0.05) is 34.8 Å². The number of hydrogen-bond donors (Lipinski definition) is 0. The lowest BCUT2D eigenvalue weighted by atomic mass is 10.3. The number of anilines is 1. The molecular weight excluding hydrogens is 337 g/mol. The highest BCUT2D eigenvalue weighted by Gasteiger charge is 2.17. The van der Waals surface area contributed by atoms with Crippen molar-refractivity contribution in [2.45, 2.75) is 6.92 Å². The quantitative estimate of drug-likeness (QED) is 0.832. The van der Waals surface area contributed by atoms with Crippen molar-refractivity contribution in [3.63, 3.8) is 0 Å².